The number of halogens is 3. The number of hydrogen-bond acceptors (Lipinski definition) is 2. The van der Waals surface area contributed by atoms with Crippen LogP contribution in [0.15, 0.2) is 36.4 Å². The molecule has 0 fully saturated rings. The molecule has 22 heavy (non-hydrogen) atoms. The summed E-state index contributed by atoms with van der Waals surface area (Å²) in [5.41, 5.74) is 0.563. The number of benzene rings is 2. The third-order valence-corrected chi connectivity index (χ3v) is 3.95. The molecular weight excluding hydrogens is 293 g/mol. The van der Waals surface area contributed by atoms with Crippen LogP contribution in [0, 0.1) is 6.92 Å². The summed E-state index contributed by atoms with van der Waals surface area (Å²) >= 11 is 0. The minimum atomic E-state index is -4.97. The van der Waals surface area contributed by atoms with Gasteiger partial charge in [0.1, 0.15) is 0 Å². The van der Waals surface area contributed by atoms with Crippen LogP contribution < -0.4 is 0 Å². The summed E-state index contributed by atoms with van der Waals surface area (Å²) in [6, 6.07) is 10.8. The Hall–Kier alpha value is -2.63. The zero-order chi connectivity index (χ0) is 15.6. The number of carbonyl (C=O) groups excluding carboxylic acids is 1. The fourth-order valence-electron chi connectivity index (χ4n) is 3.00. The normalized spacial score (nSPS) is 12.7. The van der Waals surface area contributed by atoms with Crippen molar-refractivity contribution in [1.29, 1.82) is 0 Å². The van der Waals surface area contributed by atoms with E-state index in [-0.39, 0.29) is 5.52 Å². The van der Waals surface area contributed by atoms with Crippen LogP contribution in [0.1, 0.15) is 10.5 Å². The third-order valence-electron chi connectivity index (χ3n) is 3.95. The first kappa shape index (κ1) is 13.1. The standard InChI is InChI=1S/C16H9F3N2O/c1-8-11-6-4-9-2-3-10-5-7-12(14(11)13(9)10)21(20-8)15(22)16(17,18)19/h2-7H,1H3. The van der Waals surface area contributed by atoms with Crippen LogP contribution in [0.3, 0.4) is 0 Å². The predicted molar refractivity (Wildman–Crippen MR) is 77.3 cm³/mol. The van der Waals surface area contributed by atoms with Crippen molar-refractivity contribution in [3.8, 4) is 0 Å². The molecule has 4 aromatic rings. The lowest BCUT2D eigenvalue weighted by molar-refractivity contribution is -0.0953. The number of alkyl halides is 3. The lowest BCUT2D eigenvalue weighted by Crippen LogP contribution is -2.31. The molecule has 3 aromatic carbocycles. The van der Waals surface area contributed by atoms with Crippen molar-refractivity contribution in [2.24, 2.45) is 0 Å². The van der Waals surface area contributed by atoms with E-state index in [1.807, 2.05) is 24.3 Å². The Labute approximate surface area is 122 Å². The molecule has 0 N–H and O–H groups in total. The second-order valence-electron chi connectivity index (χ2n) is 5.26. The van der Waals surface area contributed by atoms with Crippen molar-refractivity contribution in [3.63, 3.8) is 0 Å². The Morgan fingerprint density at radius 3 is 2.23 bits per heavy atom. The molecule has 6 heteroatoms. The minimum Gasteiger partial charge on any atom is -0.262 e. The van der Waals surface area contributed by atoms with Crippen LogP contribution in [0.4, 0.5) is 13.2 Å². The van der Waals surface area contributed by atoms with Crippen molar-refractivity contribution in [3.05, 3.63) is 42.1 Å². The summed E-state index contributed by atoms with van der Waals surface area (Å²) in [7, 11) is 0. The van der Waals surface area contributed by atoms with Gasteiger partial charge in [-0.2, -0.15) is 23.0 Å². The molecule has 0 aliphatic heterocycles. The van der Waals surface area contributed by atoms with E-state index < -0.39 is 12.1 Å². The maximum absolute atomic E-state index is 12.8. The molecule has 0 saturated carbocycles. The average molecular weight is 302 g/mol. The van der Waals surface area contributed by atoms with Gasteiger partial charge in [0, 0.05) is 10.8 Å². The van der Waals surface area contributed by atoms with Gasteiger partial charge in [-0.3, -0.25) is 4.79 Å². The molecule has 0 spiro atoms. The van der Waals surface area contributed by atoms with Gasteiger partial charge in [-0.25, -0.2) is 0 Å². The summed E-state index contributed by atoms with van der Waals surface area (Å²) in [6.07, 6.45) is -4.97. The van der Waals surface area contributed by atoms with Gasteiger partial charge in [0.2, 0.25) is 0 Å². The monoisotopic (exact) mass is 302 g/mol. The van der Waals surface area contributed by atoms with Gasteiger partial charge >= 0.3 is 12.1 Å². The van der Waals surface area contributed by atoms with E-state index in [4.69, 9.17) is 0 Å². The zero-order valence-corrected chi connectivity index (χ0v) is 11.4. The van der Waals surface area contributed by atoms with Crippen molar-refractivity contribution in [2.75, 3.05) is 0 Å². The molecule has 1 heterocycles. The van der Waals surface area contributed by atoms with E-state index in [1.54, 1.807) is 13.0 Å². The van der Waals surface area contributed by atoms with E-state index in [9.17, 15) is 18.0 Å². The smallest absolute Gasteiger partial charge is 0.262 e. The zero-order valence-electron chi connectivity index (χ0n) is 11.4. The highest BCUT2D eigenvalue weighted by Gasteiger charge is 2.41. The second kappa shape index (κ2) is 3.97. The van der Waals surface area contributed by atoms with Gasteiger partial charge in [-0.15, -0.1) is 0 Å². The Kier molecular flexibility index (Phi) is 2.36. The number of hydrogen-bond donors (Lipinski definition) is 0. The fourth-order valence-corrected chi connectivity index (χ4v) is 3.00. The molecule has 0 unspecified atom stereocenters. The maximum Gasteiger partial charge on any atom is 0.473 e. The quantitative estimate of drug-likeness (QED) is 0.485. The van der Waals surface area contributed by atoms with Gasteiger partial charge in [0.25, 0.3) is 0 Å². The molecule has 3 nitrogen and oxygen atoms in total. The Balaban J connectivity index is 2.23. The van der Waals surface area contributed by atoms with E-state index in [2.05, 4.69) is 5.10 Å². The number of nitrogens with zero attached hydrogens (tertiary/aromatic N) is 2. The number of carbonyl (C=O) groups is 1. The molecule has 4 rings (SSSR count). The highest BCUT2D eigenvalue weighted by atomic mass is 19.4. The molecule has 110 valence electrons. The lowest BCUT2D eigenvalue weighted by Gasteiger charge is -2.15. The molecule has 0 amide bonds. The summed E-state index contributed by atoms with van der Waals surface area (Å²) in [6.45, 7) is 1.60. The largest absolute Gasteiger partial charge is 0.473 e. The first-order valence-electron chi connectivity index (χ1n) is 6.62. The minimum absolute atomic E-state index is 0.173. The Morgan fingerprint density at radius 1 is 1.00 bits per heavy atom. The topological polar surface area (TPSA) is 34.9 Å². The second-order valence-corrected chi connectivity index (χ2v) is 5.26. The molecule has 0 atom stereocenters. The van der Waals surface area contributed by atoms with E-state index in [0.717, 1.165) is 21.5 Å². The highest BCUT2D eigenvalue weighted by Crippen LogP contribution is 2.36. The molecular formula is C16H9F3N2O. The van der Waals surface area contributed by atoms with Crippen LogP contribution in [0.25, 0.3) is 32.4 Å². The van der Waals surface area contributed by atoms with Gasteiger partial charge in [-0.1, -0.05) is 30.3 Å². The first-order chi connectivity index (χ1) is 10.4. The molecule has 0 aliphatic rings. The van der Waals surface area contributed by atoms with Crippen LogP contribution in [0.5, 0.6) is 0 Å². The summed E-state index contributed by atoms with van der Waals surface area (Å²) in [4.78, 5) is 11.7. The number of aryl methyl sites for hydroxylation is 1. The lowest BCUT2D eigenvalue weighted by atomic mass is 10.0. The van der Waals surface area contributed by atoms with Crippen LogP contribution in [0.2, 0.25) is 0 Å². The number of aromatic nitrogens is 2. The van der Waals surface area contributed by atoms with Crippen molar-refractivity contribution in [1.82, 2.24) is 9.78 Å². The highest BCUT2D eigenvalue weighted by molar-refractivity contribution is 6.24. The van der Waals surface area contributed by atoms with E-state index in [0.29, 0.717) is 15.8 Å². The summed E-state index contributed by atoms with van der Waals surface area (Å²) < 4.78 is 38.9. The summed E-state index contributed by atoms with van der Waals surface area (Å²) in [5, 5.41) is 7.99. The molecule has 0 bridgehead atoms. The Bertz CT molecular complexity index is 1030. The van der Waals surface area contributed by atoms with Crippen LogP contribution >= 0.6 is 0 Å². The molecule has 0 radical (unpaired) electrons. The van der Waals surface area contributed by atoms with Gasteiger partial charge < -0.3 is 0 Å². The third kappa shape index (κ3) is 1.57. The van der Waals surface area contributed by atoms with E-state index >= 15 is 0 Å². The van der Waals surface area contributed by atoms with Gasteiger partial charge in [0.05, 0.1) is 11.2 Å². The summed E-state index contributed by atoms with van der Waals surface area (Å²) in [5.74, 6) is -1.98. The average Bonchev–Trinajstić information content (AvgIpc) is 2.89. The molecule has 0 aliphatic carbocycles. The number of rotatable bonds is 0. The van der Waals surface area contributed by atoms with Crippen LogP contribution in [-0.4, -0.2) is 21.9 Å². The Morgan fingerprint density at radius 2 is 1.59 bits per heavy atom. The SMILES string of the molecule is Cc1nn(C(=O)C(F)(F)F)c2ccc3ccc4ccc1c2c43. The van der Waals surface area contributed by atoms with Crippen molar-refractivity contribution >= 4 is 38.4 Å². The fraction of sp³-hybridized carbons (Fsp3) is 0.125. The van der Waals surface area contributed by atoms with Gasteiger partial charge in [-0.05, 0) is 29.1 Å². The van der Waals surface area contributed by atoms with Crippen molar-refractivity contribution in [2.45, 2.75) is 13.1 Å². The van der Waals surface area contributed by atoms with E-state index in [1.165, 1.54) is 6.07 Å². The first-order valence-corrected chi connectivity index (χ1v) is 6.62. The molecule has 1 aromatic heterocycles. The molecule has 0 saturated heterocycles. The maximum atomic E-state index is 12.8. The predicted octanol–water partition coefficient (Wildman–Crippen LogP) is 4.29. The van der Waals surface area contributed by atoms with Crippen LogP contribution in [-0.2, 0) is 0 Å². The van der Waals surface area contributed by atoms with Gasteiger partial charge in [0.15, 0.2) is 0 Å². The van der Waals surface area contributed by atoms with Crippen molar-refractivity contribution < 1.29 is 18.0 Å².